The van der Waals surface area contributed by atoms with E-state index in [0.29, 0.717) is 18.9 Å². The van der Waals surface area contributed by atoms with Gasteiger partial charge in [0.2, 0.25) is 0 Å². The first-order chi connectivity index (χ1) is 9.81. The summed E-state index contributed by atoms with van der Waals surface area (Å²) in [4.78, 5) is 2.10. The Morgan fingerprint density at radius 1 is 1.10 bits per heavy atom. The molecule has 2 fully saturated rings. The van der Waals surface area contributed by atoms with Gasteiger partial charge in [0.05, 0.1) is 18.8 Å². The molecule has 0 aromatic heterocycles. The number of likely N-dealkylation sites (tertiary alicyclic amines) is 1. The number of halogens is 1. The van der Waals surface area contributed by atoms with Gasteiger partial charge in [-0.05, 0) is 57.8 Å². The van der Waals surface area contributed by atoms with E-state index in [1.165, 1.54) is 0 Å². The minimum Gasteiger partial charge on any atom is -0.395 e. The highest BCUT2D eigenvalue weighted by Crippen LogP contribution is 2.38. The third kappa shape index (κ3) is 4.38. The van der Waals surface area contributed by atoms with Crippen molar-refractivity contribution < 1.29 is 19.7 Å². The number of β-amino-alcohol motifs (C(OH)–C–C–N with tert-alkyl or cyclic N) is 1. The molecule has 3 N–H and O–H groups in total. The average Bonchev–Trinajstić information content (AvgIpc) is 2.42. The average molecular weight is 303 g/mol. The standard InChI is InChI=1S/C16H30FNO3/c1-16(2,17)12-5-3-11(4-6-12)8-18-9-15(21)14(20)7-13(18)10-19/h11-15,19-21H,3-10H2,1-2H3/t11?,12?,13-,14?,15+/m1/s1. The minimum absolute atomic E-state index is 0.0106. The lowest BCUT2D eigenvalue weighted by Crippen LogP contribution is -2.55. The molecule has 124 valence electrons. The van der Waals surface area contributed by atoms with E-state index in [4.69, 9.17) is 0 Å². The molecule has 0 spiro atoms. The summed E-state index contributed by atoms with van der Waals surface area (Å²) in [5, 5.41) is 29.0. The number of hydrogen-bond donors (Lipinski definition) is 3. The lowest BCUT2D eigenvalue weighted by atomic mass is 9.75. The van der Waals surface area contributed by atoms with E-state index < -0.39 is 17.9 Å². The van der Waals surface area contributed by atoms with Gasteiger partial charge in [-0.1, -0.05) is 0 Å². The highest BCUT2D eigenvalue weighted by molar-refractivity contribution is 4.90. The molecule has 0 bridgehead atoms. The molecular formula is C16H30FNO3. The molecule has 0 aromatic carbocycles. The van der Waals surface area contributed by atoms with E-state index >= 15 is 0 Å². The SMILES string of the molecule is CC(C)(F)C1CCC(CN2C[C@H](O)C(O)C[C@@H]2CO)CC1. The fourth-order valence-corrected chi connectivity index (χ4v) is 3.87. The maximum absolute atomic E-state index is 14.0. The van der Waals surface area contributed by atoms with E-state index in [-0.39, 0.29) is 18.6 Å². The first-order valence-electron chi connectivity index (χ1n) is 8.21. The van der Waals surface area contributed by atoms with Crippen molar-refractivity contribution in [2.75, 3.05) is 19.7 Å². The van der Waals surface area contributed by atoms with Crippen LogP contribution in [0.15, 0.2) is 0 Å². The van der Waals surface area contributed by atoms with E-state index in [0.717, 1.165) is 32.2 Å². The summed E-state index contributed by atoms with van der Waals surface area (Å²) >= 11 is 0. The maximum Gasteiger partial charge on any atom is 0.108 e. The fourth-order valence-electron chi connectivity index (χ4n) is 3.87. The second-order valence-corrected chi connectivity index (χ2v) is 7.44. The summed E-state index contributed by atoms with van der Waals surface area (Å²) in [7, 11) is 0. The summed E-state index contributed by atoms with van der Waals surface area (Å²) in [5.74, 6) is 0.649. The number of rotatable bonds is 4. The summed E-state index contributed by atoms with van der Waals surface area (Å²) in [6, 6.07) is -0.0706. The van der Waals surface area contributed by atoms with Crippen LogP contribution >= 0.6 is 0 Å². The number of hydrogen-bond acceptors (Lipinski definition) is 4. The topological polar surface area (TPSA) is 63.9 Å². The largest absolute Gasteiger partial charge is 0.395 e. The zero-order chi connectivity index (χ0) is 15.6. The zero-order valence-electron chi connectivity index (χ0n) is 13.2. The van der Waals surface area contributed by atoms with Crippen molar-refractivity contribution in [2.24, 2.45) is 11.8 Å². The highest BCUT2D eigenvalue weighted by Gasteiger charge is 2.37. The molecule has 1 saturated carbocycles. The van der Waals surface area contributed by atoms with Gasteiger partial charge in [0, 0.05) is 19.1 Å². The predicted molar refractivity (Wildman–Crippen MR) is 79.7 cm³/mol. The fraction of sp³-hybridized carbons (Fsp3) is 1.00. The van der Waals surface area contributed by atoms with Crippen molar-refractivity contribution in [2.45, 2.75) is 69.9 Å². The van der Waals surface area contributed by atoms with Crippen LogP contribution in [-0.2, 0) is 0 Å². The second-order valence-electron chi connectivity index (χ2n) is 7.44. The molecule has 4 nitrogen and oxygen atoms in total. The molecule has 3 atom stereocenters. The van der Waals surface area contributed by atoms with Crippen molar-refractivity contribution in [3.8, 4) is 0 Å². The number of aliphatic hydroxyl groups excluding tert-OH is 3. The normalized spacial score (nSPS) is 39.4. The Bertz CT molecular complexity index is 326. The molecule has 1 saturated heterocycles. The number of alkyl halides is 1. The van der Waals surface area contributed by atoms with Gasteiger partial charge in [0.25, 0.3) is 0 Å². The summed E-state index contributed by atoms with van der Waals surface area (Å²) < 4.78 is 14.0. The van der Waals surface area contributed by atoms with Crippen LogP contribution in [0.25, 0.3) is 0 Å². The van der Waals surface area contributed by atoms with Crippen LogP contribution in [-0.4, -0.2) is 63.8 Å². The van der Waals surface area contributed by atoms with Gasteiger partial charge in [-0.15, -0.1) is 0 Å². The maximum atomic E-state index is 14.0. The van der Waals surface area contributed by atoms with Gasteiger partial charge < -0.3 is 15.3 Å². The smallest absolute Gasteiger partial charge is 0.108 e. The molecule has 1 unspecified atom stereocenters. The number of nitrogens with zero attached hydrogens (tertiary/aromatic N) is 1. The van der Waals surface area contributed by atoms with Gasteiger partial charge >= 0.3 is 0 Å². The number of piperidine rings is 1. The molecule has 2 aliphatic rings. The van der Waals surface area contributed by atoms with Crippen LogP contribution < -0.4 is 0 Å². The van der Waals surface area contributed by atoms with Crippen LogP contribution in [0.3, 0.4) is 0 Å². The third-order valence-corrected chi connectivity index (χ3v) is 5.42. The molecule has 1 aliphatic carbocycles. The molecule has 0 amide bonds. The van der Waals surface area contributed by atoms with Crippen LogP contribution in [0.2, 0.25) is 0 Å². The Labute approximate surface area is 127 Å². The molecule has 1 heterocycles. The molecule has 0 radical (unpaired) electrons. The summed E-state index contributed by atoms with van der Waals surface area (Å²) in [6.45, 7) is 4.59. The van der Waals surface area contributed by atoms with Gasteiger partial charge in [0.1, 0.15) is 5.67 Å². The summed E-state index contributed by atoms with van der Waals surface area (Å²) in [6.07, 6.45) is 2.80. The van der Waals surface area contributed by atoms with E-state index in [1.54, 1.807) is 13.8 Å². The Morgan fingerprint density at radius 2 is 1.71 bits per heavy atom. The van der Waals surface area contributed by atoms with Crippen molar-refractivity contribution in [1.82, 2.24) is 4.90 Å². The Morgan fingerprint density at radius 3 is 2.24 bits per heavy atom. The molecule has 5 heteroatoms. The monoisotopic (exact) mass is 303 g/mol. The molecule has 21 heavy (non-hydrogen) atoms. The first kappa shape index (κ1) is 17.1. The summed E-state index contributed by atoms with van der Waals surface area (Å²) in [5.41, 5.74) is -1.09. The predicted octanol–water partition coefficient (Wildman–Crippen LogP) is 1.33. The number of aliphatic hydroxyl groups is 3. The molecule has 2 rings (SSSR count). The zero-order valence-corrected chi connectivity index (χ0v) is 13.2. The molecule has 0 aromatic rings. The Kier molecular flexibility index (Phi) is 5.63. The van der Waals surface area contributed by atoms with Crippen molar-refractivity contribution in [1.29, 1.82) is 0 Å². The van der Waals surface area contributed by atoms with Crippen LogP contribution in [0.1, 0.15) is 46.0 Å². The Balaban J connectivity index is 1.84. The molecule has 1 aliphatic heterocycles. The lowest BCUT2D eigenvalue weighted by Gasteiger charge is -2.43. The van der Waals surface area contributed by atoms with Crippen molar-refractivity contribution in [3.05, 3.63) is 0 Å². The van der Waals surface area contributed by atoms with Gasteiger partial charge in [-0.2, -0.15) is 0 Å². The van der Waals surface area contributed by atoms with E-state index in [9.17, 15) is 19.7 Å². The Hall–Kier alpha value is -0.230. The van der Waals surface area contributed by atoms with Crippen LogP contribution in [0.4, 0.5) is 4.39 Å². The van der Waals surface area contributed by atoms with E-state index in [2.05, 4.69) is 4.90 Å². The van der Waals surface area contributed by atoms with Crippen LogP contribution in [0.5, 0.6) is 0 Å². The van der Waals surface area contributed by atoms with Crippen molar-refractivity contribution in [3.63, 3.8) is 0 Å². The van der Waals surface area contributed by atoms with Gasteiger partial charge in [-0.3, -0.25) is 4.90 Å². The van der Waals surface area contributed by atoms with Crippen molar-refractivity contribution >= 4 is 0 Å². The second kappa shape index (κ2) is 6.90. The van der Waals surface area contributed by atoms with Gasteiger partial charge in [-0.25, -0.2) is 4.39 Å². The van der Waals surface area contributed by atoms with Crippen LogP contribution in [0, 0.1) is 11.8 Å². The highest BCUT2D eigenvalue weighted by atomic mass is 19.1. The third-order valence-electron chi connectivity index (χ3n) is 5.42. The molecular weight excluding hydrogens is 273 g/mol. The lowest BCUT2D eigenvalue weighted by molar-refractivity contribution is -0.0767. The quantitative estimate of drug-likeness (QED) is 0.733. The first-order valence-corrected chi connectivity index (χ1v) is 8.21. The van der Waals surface area contributed by atoms with Gasteiger partial charge in [0.15, 0.2) is 0 Å². The minimum atomic E-state index is -1.09. The van der Waals surface area contributed by atoms with E-state index in [1.807, 2.05) is 0 Å².